The van der Waals surface area contributed by atoms with Crippen molar-refractivity contribution < 1.29 is 14.3 Å². The maximum absolute atomic E-state index is 12.2. The maximum Gasteiger partial charge on any atom is 0.408 e. The molecule has 5 nitrogen and oxygen atoms in total. The molecule has 2 aromatic rings. The number of rotatable bonds is 7. The number of hydrogen-bond donors (Lipinski definition) is 1. The van der Waals surface area contributed by atoms with E-state index >= 15 is 0 Å². The molecule has 146 valence electrons. The molecule has 0 unspecified atom stereocenters. The number of nitrogens with one attached hydrogen (secondary N) is 1. The van der Waals surface area contributed by atoms with Crippen LogP contribution in [0, 0.1) is 0 Å². The molecule has 1 aromatic heterocycles. The van der Waals surface area contributed by atoms with Gasteiger partial charge in [0.05, 0.1) is 12.2 Å². The average Bonchev–Trinajstić information content (AvgIpc) is 2.59. The molecular formula is C22H30N2O3. The number of ether oxygens (including phenoxy) is 2. The van der Waals surface area contributed by atoms with Crippen LogP contribution in [0.25, 0.3) is 0 Å². The van der Waals surface area contributed by atoms with E-state index in [2.05, 4.69) is 24.1 Å². The Balaban J connectivity index is 2.04. The summed E-state index contributed by atoms with van der Waals surface area (Å²) in [7, 11) is 0. The van der Waals surface area contributed by atoms with Gasteiger partial charge in [0.2, 0.25) is 0 Å². The molecule has 1 heterocycles. The van der Waals surface area contributed by atoms with Gasteiger partial charge in [0.1, 0.15) is 18.0 Å². The third-order valence-electron chi connectivity index (χ3n) is 3.90. The fourth-order valence-electron chi connectivity index (χ4n) is 2.55. The minimum absolute atomic E-state index is 0.218. The fraction of sp³-hybridized carbons (Fsp3) is 0.455. The lowest BCUT2D eigenvalue weighted by Gasteiger charge is -2.24. The van der Waals surface area contributed by atoms with Crippen molar-refractivity contribution in [3.63, 3.8) is 0 Å². The molecule has 0 spiro atoms. The zero-order valence-corrected chi connectivity index (χ0v) is 16.9. The zero-order valence-electron chi connectivity index (χ0n) is 16.9. The van der Waals surface area contributed by atoms with E-state index in [0.29, 0.717) is 24.7 Å². The van der Waals surface area contributed by atoms with E-state index < -0.39 is 11.7 Å². The number of carbonyl (C=O) groups is 1. The van der Waals surface area contributed by atoms with Crippen molar-refractivity contribution in [2.75, 3.05) is 6.61 Å². The van der Waals surface area contributed by atoms with Gasteiger partial charge in [-0.05, 0) is 50.3 Å². The Morgan fingerprint density at radius 1 is 1.15 bits per heavy atom. The highest BCUT2D eigenvalue weighted by Crippen LogP contribution is 2.19. The van der Waals surface area contributed by atoms with Crippen molar-refractivity contribution in [2.45, 2.75) is 58.6 Å². The molecule has 0 fully saturated rings. The van der Waals surface area contributed by atoms with Gasteiger partial charge in [-0.25, -0.2) is 4.79 Å². The quantitative estimate of drug-likeness (QED) is 0.766. The summed E-state index contributed by atoms with van der Waals surface area (Å²) in [4.78, 5) is 16.5. The third kappa shape index (κ3) is 7.69. The van der Waals surface area contributed by atoms with Gasteiger partial charge in [-0.15, -0.1) is 0 Å². The van der Waals surface area contributed by atoms with Gasteiger partial charge in [0.25, 0.3) is 0 Å². The highest BCUT2D eigenvalue weighted by atomic mass is 16.6. The van der Waals surface area contributed by atoms with E-state index in [1.54, 1.807) is 6.20 Å². The number of hydrogen-bond acceptors (Lipinski definition) is 4. The standard InChI is InChI=1S/C22H30N2O3/c1-16(2)18-12-20(14-23-13-18)26-15-19(11-17-9-7-6-8-10-17)24-21(25)27-22(3,4)5/h6-10,12-14,16,19H,11,15H2,1-5H3,(H,24,25)/t19-/m0/s1. The Bertz CT molecular complexity index is 724. The molecule has 1 N–H and O–H groups in total. The van der Waals surface area contributed by atoms with Crippen LogP contribution in [0.1, 0.15) is 51.7 Å². The largest absolute Gasteiger partial charge is 0.490 e. The normalized spacial score (nSPS) is 12.5. The van der Waals surface area contributed by atoms with E-state index in [9.17, 15) is 4.79 Å². The van der Waals surface area contributed by atoms with Crippen LogP contribution in [0.5, 0.6) is 5.75 Å². The number of benzene rings is 1. The summed E-state index contributed by atoms with van der Waals surface area (Å²) in [5.41, 5.74) is 1.70. The summed E-state index contributed by atoms with van der Waals surface area (Å²) in [6.45, 7) is 10.1. The lowest BCUT2D eigenvalue weighted by molar-refractivity contribution is 0.0487. The van der Waals surface area contributed by atoms with E-state index in [4.69, 9.17) is 9.47 Å². The molecule has 2 rings (SSSR count). The van der Waals surface area contributed by atoms with Gasteiger partial charge < -0.3 is 14.8 Å². The first-order valence-electron chi connectivity index (χ1n) is 9.34. The zero-order chi connectivity index (χ0) is 19.9. The van der Waals surface area contributed by atoms with Crippen LogP contribution >= 0.6 is 0 Å². The second kappa shape index (κ2) is 9.40. The van der Waals surface area contributed by atoms with Gasteiger partial charge in [-0.1, -0.05) is 44.2 Å². The van der Waals surface area contributed by atoms with E-state index in [-0.39, 0.29) is 6.04 Å². The summed E-state index contributed by atoms with van der Waals surface area (Å²) in [6.07, 6.45) is 3.75. The molecule has 5 heteroatoms. The Hall–Kier alpha value is -2.56. The average molecular weight is 370 g/mol. The Morgan fingerprint density at radius 2 is 1.85 bits per heavy atom. The molecule has 0 aliphatic rings. The Labute approximate surface area is 162 Å². The number of pyridine rings is 1. The van der Waals surface area contributed by atoms with Crippen molar-refractivity contribution in [3.05, 3.63) is 59.9 Å². The Kier molecular flexibility index (Phi) is 7.22. The van der Waals surface area contributed by atoms with E-state index in [1.165, 1.54) is 0 Å². The molecule has 0 radical (unpaired) electrons. The molecule has 0 aliphatic carbocycles. The highest BCUT2D eigenvalue weighted by Gasteiger charge is 2.20. The smallest absolute Gasteiger partial charge is 0.408 e. The topological polar surface area (TPSA) is 60.5 Å². The molecular weight excluding hydrogens is 340 g/mol. The van der Waals surface area contributed by atoms with Gasteiger partial charge in [0.15, 0.2) is 0 Å². The van der Waals surface area contributed by atoms with E-state index in [1.807, 2.05) is 63.4 Å². The predicted molar refractivity (Wildman–Crippen MR) is 107 cm³/mol. The molecule has 0 aliphatic heterocycles. The van der Waals surface area contributed by atoms with Gasteiger partial charge in [-0.3, -0.25) is 4.98 Å². The number of aromatic nitrogens is 1. The van der Waals surface area contributed by atoms with Crippen molar-refractivity contribution in [3.8, 4) is 5.75 Å². The first-order valence-corrected chi connectivity index (χ1v) is 9.34. The fourth-order valence-corrected chi connectivity index (χ4v) is 2.55. The van der Waals surface area contributed by atoms with Crippen LogP contribution < -0.4 is 10.1 Å². The SMILES string of the molecule is CC(C)c1cncc(OC[C@H](Cc2ccccc2)NC(=O)OC(C)(C)C)c1. The lowest BCUT2D eigenvalue weighted by Crippen LogP contribution is -2.43. The van der Waals surface area contributed by atoms with Crippen molar-refractivity contribution in [1.82, 2.24) is 10.3 Å². The van der Waals surface area contributed by atoms with Crippen LogP contribution in [-0.4, -0.2) is 29.3 Å². The second-order valence-corrected chi connectivity index (χ2v) is 7.95. The van der Waals surface area contributed by atoms with Gasteiger partial charge in [0, 0.05) is 6.20 Å². The van der Waals surface area contributed by atoms with Crippen LogP contribution in [0.4, 0.5) is 4.79 Å². The van der Waals surface area contributed by atoms with Crippen molar-refractivity contribution in [2.24, 2.45) is 0 Å². The van der Waals surface area contributed by atoms with Crippen LogP contribution in [0.3, 0.4) is 0 Å². The second-order valence-electron chi connectivity index (χ2n) is 7.95. The molecule has 0 saturated heterocycles. The molecule has 1 amide bonds. The number of nitrogens with zero attached hydrogens (tertiary/aromatic N) is 1. The number of alkyl carbamates (subject to hydrolysis) is 1. The lowest BCUT2D eigenvalue weighted by atomic mass is 10.1. The summed E-state index contributed by atoms with van der Waals surface area (Å²) >= 11 is 0. The van der Waals surface area contributed by atoms with Crippen molar-refractivity contribution in [1.29, 1.82) is 0 Å². The molecule has 0 bridgehead atoms. The minimum atomic E-state index is -0.544. The van der Waals surface area contributed by atoms with Crippen molar-refractivity contribution >= 4 is 6.09 Å². The van der Waals surface area contributed by atoms with E-state index in [0.717, 1.165) is 11.1 Å². The van der Waals surface area contributed by atoms with Crippen LogP contribution in [-0.2, 0) is 11.2 Å². The molecule has 0 saturated carbocycles. The first-order chi connectivity index (χ1) is 12.7. The summed E-state index contributed by atoms with van der Waals surface area (Å²) < 4.78 is 11.3. The monoisotopic (exact) mass is 370 g/mol. The maximum atomic E-state index is 12.2. The minimum Gasteiger partial charge on any atom is -0.490 e. The summed E-state index contributed by atoms with van der Waals surface area (Å²) in [5, 5.41) is 2.92. The molecule has 27 heavy (non-hydrogen) atoms. The summed E-state index contributed by atoms with van der Waals surface area (Å²) in [5.74, 6) is 1.08. The van der Waals surface area contributed by atoms with Gasteiger partial charge in [-0.2, -0.15) is 0 Å². The first kappa shape index (κ1) is 20.7. The van der Waals surface area contributed by atoms with Crippen LogP contribution in [0.2, 0.25) is 0 Å². The third-order valence-corrected chi connectivity index (χ3v) is 3.90. The Morgan fingerprint density at radius 3 is 2.48 bits per heavy atom. The molecule has 1 aromatic carbocycles. The number of carbonyl (C=O) groups excluding carboxylic acids is 1. The highest BCUT2D eigenvalue weighted by molar-refractivity contribution is 5.68. The number of amides is 1. The molecule has 1 atom stereocenters. The predicted octanol–water partition coefficient (Wildman–Crippen LogP) is 4.72. The van der Waals surface area contributed by atoms with Crippen LogP contribution in [0.15, 0.2) is 48.8 Å². The summed E-state index contributed by atoms with van der Waals surface area (Å²) in [6, 6.07) is 11.8. The van der Waals surface area contributed by atoms with Gasteiger partial charge >= 0.3 is 6.09 Å².